The largest absolute Gasteiger partial charge is 0.504 e. The summed E-state index contributed by atoms with van der Waals surface area (Å²) >= 11 is 1.27. The zero-order valence-corrected chi connectivity index (χ0v) is 17.0. The number of thioether (sulfide) groups is 1. The highest BCUT2D eigenvalue weighted by Gasteiger charge is 2.33. The summed E-state index contributed by atoms with van der Waals surface area (Å²) < 4.78 is 5.17. The highest BCUT2D eigenvalue weighted by atomic mass is 32.2. The number of benzene rings is 2. The summed E-state index contributed by atoms with van der Waals surface area (Å²) in [5, 5.41) is 11.0. The summed E-state index contributed by atoms with van der Waals surface area (Å²) in [4.78, 5) is 24.1. The van der Waals surface area contributed by atoms with Crippen molar-refractivity contribution in [2.75, 3.05) is 7.11 Å². The van der Waals surface area contributed by atoms with Gasteiger partial charge in [-0.25, -0.2) is 4.99 Å². The van der Waals surface area contributed by atoms with Crippen molar-refractivity contribution in [1.82, 2.24) is 9.88 Å². The van der Waals surface area contributed by atoms with Crippen LogP contribution < -0.4 is 4.74 Å². The van der Waals surface area contributed by atoms with Crippen molar-refractivity contribution in [2.45, 2.75) is 6.54 Å². The molecule has 30 heavy (non-hydrogen) atoms. The highest BCUT2D eigenvalue weighted by molar-refractivity contribution is 8.18. The van der Waals surface area contributed by atoms with Gasteiger partial charge >= 0.3 is 0 Å². The standard InChI is InChI=1S/C23H19N3O3S/c1-29-19-11-5-8-17(21(19)27)13-20-22(28)26(15-16-7-6-12-24-14-16)23(30-20)25-18-9-3-2-4-10-18/h2-14,27H,15H2,1H3/b20-13+,25-23?. The van der Waals surface area contributed by atoms with Crippen molar-refractivity contribution in [3.63, 3.8) is 0 Å². The Morgan fingerprint density at radius 1 is 1.13 bits per heavy atom. The molecule has 1 N–H and O–H groups in total. The molecule has 0 bridgehead atoms. The predicted molar refractivity (Wildman–Crippen MR) is 119 cm³/mol. The highest BCUT2D eigenvalue weighted by Crippen LogP contribution is 2.38. The number of phenolic OH excluding ortho intramolecular Hbond substituents is 1. The van der Waals surface area contributed by atoms with E-state index in [1.807, 2.05) is 42.5 Å². The lowest BCUT2D eigenvalue weighted by molar-refractivity contribution is -0.122. The molecule has 0 spiro atoms. The Morgan fingerprint density at radius 2 is 1.97 bits per heavy atom. The third-order valence-electron chi connectivity index (χ3n) is 4.47. The number of aromatic nitrogens is 1. The van der Waals surface area contributed by atoms with E-state index in [1.165, 1.54) is 18.9 Å². The van der Waals surface area contributed by atoms with Gasteiger partial charge in [-0.1, -0.05) is 36.4 Å². The maximum absolute atomic E-state index is 13.2. The monoisotopic (exact) mass is 417 g/mol. The van der Waals surface area contributed by atoms with Gasteiger partial charge in [0.25, 0.3) is 5.91 Å². The van der Waals surface area contributed by atoms with E-state index < -0.39 is 0 Å². The van der Waals surface area contributed by atoms with Crippen molar-refractivity contribution in [2.24, 2.45) is 4.99 Å². The first-order valence-corrected chi connectivity index (χ1v) is 10.1. The molecule has 7 heteroatoms. The molecular weight excluding hydrogens is 398 g/mol. The van der Waals surface area contributed by atoms with Crippen LogP contribution in [-0.4, -0.2) is 33.2 Å². The van der Waals surface area contributed by atoms with Crippen LogP contribution in [0.1, 0.15) is 11.1 Å². The Labute approximate surface area is 178 Å². The second kappa shape index (κ2) is 8.84. The second-order valence-electron chi connectivity index (χ2n) is 6.49. The van der Waals surface area contributed by atoms with Crippen molar-refractivity contribution in [1.29, 1.82) is 0 Å². The molecule has 1 fully saturated rings. The number of phenols is 1. The van der Waals surface area contributed by atoms with Gasteiger partial charge in [0, 0.05) is 18.0 Å². The summed E-state index contributed by atoms with van der Waals surface area (Å²) in [7, 11) is 1.49. The Balaban J connectivity index is 1.72. The molecule has 1 aliphatic rings. The number of amides is 1. The molecular formula is C23H19N3O3S. The quantitative estimate of drug-likeness (QED) is 0.614. The summed E-state index contributed by atoms with van der Waals surface area (Å²) in [6.07, 6.45) is 5.09. The number of hydrogen-bond acceptors (Lipinski definition) is 6. The Bertz CT molecular complexity index is 1120. The molecule has 1 aromatic heterocycles. The van der Waals surface area contributed by atoms with E-state index in [1.54, 1.807) is 41.6 Å². The van der Waals surface area contributed by atoms with Crippen LogP contribution in [0.25, 0.3) is 6.08 Å². The fraction of sp³-hybridized carbons (Fsp3) is 0.0870. The average Bonchev–Trinajstić information content (AvgIpc) is 3.05. The van der Waals surface area contributed by atoms with Gasteiger partial charge in [-0.2, -0.15) is 0 Å². The molecule has 6 nitrogen and oxygen atoms in total. The molecule has 1 amide bonds. The molecule has 2 aromatic carbocycles. The fourth-order valence-electron chi connectivity index (χ4n) is 2.98. The van der Waals surface area contributed by atoms with Crippen LogP contribution in [0, 0.1) is 0 Å². The predicted octanol–water partition coefficient (Wildman–Crippen LogP) is 4.60. The number of rotatable bonds is 5. The first-order chi connectivity index (χ1) is 14.7. The number of hydrogen-bond donors (Lipinski definition) is 1. The number of carbonyl (C=O) groups is 1. The molecule has 4 rings (SSSR count). The number of amidine groups is 1. The number of aliphatic imine (C=N–C) groups is 1. The molecule has 2 heterocycles. The number of aromatic hydroxyl groups is 1. The third kappa shape index (κ3) is 4.21. The molecule has 0 atom stereocenters. The average molecular weight is 417 g/mol. The van der Waals surface area contributed by atoms with Crippen LogP contribution in [-0.2, 0) is 11.3 Å². The molecule has 0 unspecified atom stereocenters. The minimum Gasteiger partial charge on any atom is -0.504 e. The van der Waals surface area contributed by atoms with Gasteiger partial charge in [-0.3, -0.25) is 14.7 Å². The van der Waals surface area contributed by atoms with Crippen LogP contribution >= 0.6 is 11.8 Å². The topological polar surface area (TPSA) is 75.0 Å². The smallest absolute Gasteiger partial charge is 0.267 e. The van der Waals surface area contributed by atoms with Crippen molar-refractivity contribution in [3.8, 4) is 11.5 Å². The van der Waals surface area contributed by atoms with Gasteiger partial charge in [0.05, 0.1) is 24.2 Å². The maximum atomic E-state index is 13.2. The van der Waals surface area contributed by atoms with E-state index in [0.717, 1.165) is 11.3 Å². The van der Waals surface area contributed by atoms with Crippen LogP contribution in [0.5, 0.6) is 11.5 Å². The van der Waals surface area contributed by atoms with Crippen LogP contribution in [0.2, 0.25) is 0 Å². The Kier molecular flexibility index (Phi) is 5.81. The molecule has 150 valence electrons. The van der Waals surface area contributed by atoms with E-state index in [4.69, 9.17) is 4.74 Å². The number of para-hydroxylation sites is 2. The van der Waals surface area contributed by atoms with Crippen LogP contribution in [0.4, 0.5) is 5.69 Å². The molecule has 0 aliphatic carbocycles. The van der Waals surface area contributed by atoms with Crippen molar-refractivity contribution >= 4 is 34.6 Å². The SMILES string of the molecule is COc1cccc(/C=C2/SC(=Nc3ccccc3)N(Cc3cccnc3)C2=O)c1O. The lowest BCUT2D eigenvalue weighted by Crippen LogP contribution is -2.28. The summed E-state index contributed by atoms with van der Waals surface area (Å²) in [5.41, 5.74) is 2.17. The fourth-order valence-corrected chi connectivity index (χ4v) is 3.97. The first-order valence-electron chi connectivity index (χ1n) is 9.26. The normalized spacial score (nSPS) is 16.4. The summed E-state index contributed by atoms with van der Waals surface area (Å²) in [5.74, 6) is 0.166. The van der Waals surface area contributed by atoms with Gasteiger partial charge in [-0.15, -0.1) is 0 Å². The van der Waals surface area contributed by atoms with Crippen LogP contribution in [0.15, 0.2) is 83.0 Å². The molecule has 1 aliphatic heterocycles. The lowest BCUT2D eigenvalue weighted by atomic mass is 10.1. The van der Waals surface area contributed by atoms with Crippen LogP contribution in [0.3, 0.4) is 0 Å². The molecule has 0 saturated carbocycles. The van der Waals surface area contributed by atoms with E-state index in [0.29, 0.717) is 27.9 Å². The zero-order valence-electron chi connectivity index (χ0n) is 16.2. The molecule has 3 aromatic rings. The zero-order chi connectivity index (χ0) is 20.9. The van der Waals surface area contributed by atoms with Gasteiger partial charge < -0.3 is 9.84 Å². The van der Waals surface area contributed by atoms with Gasteiger partial charge in [-0.05, 0) is 47.7 Å². The van der Waals surface area contributed by atoms with Crippen molar-refractivity contribution in [3.05, 3.63) is 89.1 Å². The molecule has 1 saturated heterocycles. The Hall–Kier alpha value is -3.58. The summed E-state index contributed by atoms with van der Waals surface area (Å²) in [6, 6.07) is 18.4. The first kappa shape index (κ1) is 19.7. The Morgan fingerprint density at radius 3 is 2.70 bits per heavy atom. The maximum Gasteiger partial charge on any atom is 0.267 e. The number of ether oxygens (including phenoxy) is 1. The number of nitrogens with zero attached hydrogens (tertiary/aromatic N) is 3. The summed E-state index contributed by atoms with van der Waals surface area (Å²) in [6.45, 7) is 0.354. The second-order valence-corrected chi connectivity index (χ2v) is 7.50. The van der Waals surface area contributed by atoms with Gasteiger partial charge in [0.2, 0.25) is 0 Å². The van der Waals surface area contributed by atoms with E-state index >= 15 is 0 Å². The number of methoxy groups -OCH3 is 1. The molecule has 0 radical (unpaired) electrons. The van der Waals surface area contributed by atoms with E-state index in [-0.39, 0.29) is 11.7 Å². The number of carbonyl (C=O) groups excluding carboxylic acids is 1. The van der Waals surface area contributed by atoms with Gasteiger partial charge in [0.15, 0.2) is 16.7 Å². The minimum absolute atomic E-state index is 0.00634. The van der Waals surface area contributed by atoms with Crippen molar-refractivity contribution < 1.29 is 14.6 Å². The number of pyridine rings is 1. The third-order valence-corrected chi connectivity index (χ3v) is 5.48. The minimum atomic E-state index is -0.180. The van der Waals surface area contributed by atoms with Gasteiger partial charge in [0.1, 0.15) is 0 Å². The van der Waals surface area contributed by atoms with E-state index in [9.17, 15) is 9.90 Å². The lowest BCUT2D eigenvalue weighted by Gasteiger charge is -2.15. The van der Waals surface area contributed by atoms with E-state index in [2.05, 4.69) is 9.98 Å².